The number of carbonyl (C=O) groups is 1. The summed E-state index contributed by atoms with van der Waals surface area (Å²) in [6.45, 7) is 8.07. The molecule has 130 valence electrons. The predicted molar refractivity (Wildman–Crippen MR) is 96.7 cm³/mol. The smallest absolute Gasteiger partial charge is 0.260 e. The number of piperidine rings is 1. The predicted octanol–water partition coefficient (Wildman–Crippen LogP) is 3.13. The van der Waals surface area contributed by atoms with Gasteiger partial charge in [-0.3, -0.25) is 4.79 Å². The second-order valence-corrected chi connectivity index (χ2v) is 6.45. The van der Waals surface area contributed by atoms with Crippen LogP contribution in [0, 0.1) is 6.92 Å². The van der Waals surface area contributed by atoms with Gasteiger partial charge in [-0.2, -0.15) is 0 Å². The Morgan fingerprint density at radius 2 is 2.17 bits per heavy atom. The zero-order chi connectivity index (χ0) is 16.1. The number of aryl methyl sites for hydroxylation is 1. The fraction of sp³-hybridized carbons (Fsp3) is 0.611. The number of nitrogens with one attached hydrogen (secondary N) is 1. The minimum atomic E-state index is 0. The first-order valence-corrected chi connectivity index (χ1v) is 8.19. The van der Waals surface area contributed by atoms with Gasteiger partial charge in [0.25, 0.3) is 5.91 Å². The fourth-order valence-corrected chi connectivity index (χ4v) is 2.91. The number of ether oxygens (including phenoxy) is 1. The molecule has 0 saturated carbocycles. The van der Waals surface area contributed by atoms with Gasteiger partial charge in [-0.15, -0.1) is 12.4 Å². The molecule has 1 heterocycles. The molecule has 0 aliphatic carbocycles. The van der Waals surface area contributed by atoms with E-state index in [0.717, 1.165) is 42.8 Å². The first kappa shape index (κ1) is 19.8. The highest BCUT2D eigenvalue weighted by atomic mass is 35.5. The number of likely N-dealkylation sites (N-methyl/N-ethyl adjacent to an activating group) is 1. The van der Waals surface area contributed by atoms with Crippen molar-refractivity contribution >= 4 is 18.3 Å². The molecule has 1 N–H and O–H groups in total. The summed E-state index contributed by atoms with van der Waals surface area (Å²) in [5.41, 5.74) is 2.31. The maximum atomic E-state index is 12.4. The normalized spacial score (nSPS) is 17.8. The highest BCUT2D eigenvalue weighted by Gasteiger charge is 2.23. The molecular weight excluding hydrogens is 312 g/mol. The molecule has 1 amide bonds. The molecule has 1 aliphatic rings. The molecule has 1 aliphatic heterocycles. The molecule has 0 spiro atoms. The number of hydrogen-bond donors (Lipinski definition) is 1. The lowest BCUT2D eigenvalue weighted by Crippen LogP contribution is -2.48. The highest BCUT2D eigenvalue weighted by Crippen LogP contribution is 2.27. The zero-order valence-corrected chi connectivity index (χ0v) is 15.4. The highest BCUT2D eigenvalue weighted by molar-refractivity contribution is 5.85. The van der Waals surface area contributed by atoms with Crippen LogP contribution in [0.2, 0.25) is 0 Å². The summed E-state index contributed by atoms with van der Waals surface area (Å²) < 4.78 is 5.85. The molecule has 2 rings (SSSR count). The first-order chi connectivity index (χ1) is 10.5. The van der Waals surface area contributed by atoms with Gasteiger partial charge in [-0.05, 0) is 49.9 Å². The van der Waals surface area contributed by atoms with Crippen molar-refractivity contribution in [2.75, 3.05) is 26.7 Å². The number of carbonyl (C=O) groups excluding carboxylic acids is 1. The molecule has 1 atom stereocenters. The van der Waals surface area contributed by atoms with E-state index in [1.807, 2.05) is 24.9 Å². The van der Waals surface area contributed by atoms with Crippen LogP contribution in [0.15, 0.2) is 18.2 Å². The Morgan fingerprint density at radius 1 is 1.43 bits per heavy atom. The van der Waals surface area contributed by atoms with Gasteiger partial charge in [-0.25, -0.2) is 0 Å². The van der Waals surface area contributed by atoms with Gasteiger partial charge in [0.15, 0.2) is 6.61 Å². The van der Waals surface area contributed by atoms with Gasteiger partial charge in [-0.1, -0.05) is 26.0 Å². The van der Waals surface area contributed by atoms with Gasteiger partial charge in [0.05, 0.1) is 0 Å². The lowest BCUT2D eigenvalue weighted by Gasteiger charge is -2.32. The minimum absolute atomic E-state index is 0. The zero-order valence-electron chi connectivity index (χ0n) is 14.6. The SMILES string of the molecule is CNC1CCCN(C(=O)COc2cc(C)ccc2C(C)C)C1.Cl. The first-order valence-electron chi connectivity index (χ1n) is 8.19. The Bertz CT molecular complexity index is 520. The van der Waals surface area contributed by atoms with Crippen LogP contribution in [0.3, 0.4) is 0 Å². The topological polar surface area (TPSA) is 41.6 Å². The molecule has 0 radical (unpaired) electrons. The van der Waals surface area contributed by atoms with E-state index in [0.29, 0.717) is 12.0 Å². The Morgan fingerprint density at radius 3 is 2.83 bits per heavy atom. The van der Waals surface area contributed by atoms with Crippen LogP contribution in [-0.2, 0) is 4.79 Å². The molecule has 1 unspecified atom stereocenters. The number of hydrogen-bond acceptors (Lipinski definition) is 3. The van der Waals surface area contributed by atoms with E-state index >= 15 is 0 Å². The molecule has 1 aromatic carbocycles. The summed E-state index contributed by atoms with van der Waals surface area (Å²) in [5.74, 6) is 1.30. The van der Waals surface area contributed by atoms with Crippen molar-refractivity contribution in [2.45, 2.75) is 45.6 Å². The van der Waals surface area contributed by atoms with E-state index in [2.05, 4.69) is 31.3 Å². The van der Waals surface area contributed by atoms with E-state index in [-0.39, 0.29) is 24.9 Å². The molecular formula is C18H29ClN2O2. The number of rotatable bonds is 5. The minimum Gasteiger partial charge on any atom is -0.483 e. The Kier molecular flexibility index (Phi) is 7.86. The van der Waals surface area contributed by atoms with Gasteiger partial charge in [0, 0.05) is 19.1 Å². The summed E-state index contributed by atoms with van der Waals surface area (Å²) in [6, 6.07) is 6.61. The summed E-state index contributed by atoms with van der Waals surface area (Å²) in [4.78, 5) is 14.3. The summed E-state index contributed by atoms with van der Waals surface area (Å²) >= 11 is 0. The van der Waals surface area contributed by atoms with Crippen LogP contribution in [0.1, 0.15) is 43.7 Å². The van der Waals surface area contributed by atoms with Crippen LogP contribution in [0.5, 0.6) is 5.75 Å². The van der Waals surface area contributed by atoms with Crippen molar-refractivity contribution in [1.82, 2.24) is 10.2 Å². The number of amides is 1. The number of nitrogens with zero attached hydrogens (tertiary/aromatic N) is 1. The van der Waals surface area contributed by atoms with Crippen LogP contribution in [0.4, 0.5) is 0 Å². The van der Waals surface area contributed by atoms with Crippen LogP contribution < -0.4 is 10.1 Å². The summed E-state index contributed by atoms with van der Waals surface area (Å²) in [6.07, 6.45) is 2.19. The van der Waals surface area contributed by atoms with Crippen molar-refractivity contribution in [2.24, 2.45) is 0 Å². The van der Waals surface area contributed by atoms with Crippen LogP contribution >= 0.6 is 12.4 Å². The Balaban J connectivity index is 0.00000264. The van der Waals surface area contributed by atoms with E-state index in [1.54, 1.807) is 0 Å². The van der Waals surface area contributed by atoms with Gasteiger partial charge < -0.3 is 15.0 Å². The quantitative estimate of drug-likeness (QED) is 0.895. The summed E-state index contributed by atoms with van der Waals surface area (Å²) in [7, 11) is 1.96. The van der Waals surface area contributed by atoms with Crippen molar-refractivity contribution in [3.05, 3.63) is 29.3 Å². The van der Waals surface area contributed by atoms with Crippen molar-refractivity contribution in [3.63, 3.8) is 0 Å². The van der Waals surface area contributed by atoms with Crippen LogP contribution in [0.25, 0.3) is 0 Å². The molecule has 0 bridgehead atoms. The second kappa shape index (κ2) is 9.14. The Hall–Kier alpha value is -1.26. The van der Waals surface area contributed by atoms with E-state index in [4.69, 9.17) is 4.74 Å². The third kappa shape index (κ3) is 5.40. The maximum absolute atomic E-state index is 12.4. The van der Waals surface area contributed by atoms with Crippen molar-refractivity contribution < 1.29 is 9.53 Å². The maximum Gasteiger partial charge on any atom is 0.260 e. The molecule has 1 fully saturated rings. The van der Waals surface area contributed by atoms with Crippen molar-refractivity contribution in [3.8, 4) is 5.75 Å². The average Bonchev–Trinajstić information content (AvgIpc) is 2.52. The van der Waals surface area contributed by atoms with Gasteiger partial charge in [0.2, 0.25) is 0 Å². The van der Waals surface area contributed by atoms with Gasteiger partial charge >= 0.3 is 0 Å². The number of likely N-dealkylation sites (tertiary alicyclic amines) is 1. The number of benzene rings is 1. The molecule has 5 heteroatoms. The standard InChI is InChI=1S/C18H28N2O2.ClH/c1-13(2)16-8-7-14(3)10-17(16)22-12-18(21)20-9-5-6-15(11-20)19-4;/h7-8,10,13,15,19H,5-6,9,11-12H2,1-4H3;1H. The van der Waals surface area contributed by atoms with E-state index in [1.165, 1.54) is 0 Å². The monoisotopic (exact) mass is 340 g/mol. The van der Waals surface area contributed by atoms with Crippen molar-refractivity contribution in [1.29, 1.82) is 0 Å². The fourth-order valence-electron chi connectivity index (χ4n) is 2.91. The largest absolute Gasteiger partial charge is 0.483 e. The third-order valence-corrected chi connectivity index (χ3v) is 4.32. The lowest BCUT2D eigenvalue weighted by atomic mass is 10.0. The molecule has 1 aromatic rings. The lowest BCUT2D eigenvalue weighted by molar-refractivity contribution is -0.134. The van der Waals surface area contributed by atoms with E-state index in [9.17, 15) is 4.79 Å². The molecule has 23 heavy (non-hydrogen) atoms. The molecule has 4 nitrogen and oxygen atoms in total. The van der Waals surface area contributed by atoms with Crippen LogP contribution in [-0.4, -0.2) is 43.6 Å². The second-order valence-electron chi connectivity index (χ2n) is 6.45. The number of halogens is 1. The average molecular weight is 341 g/mol. The molecule has 0 aromatic heterocycles. The third-order valence-electron chi connectivity index (χ3n) is 4.32. The Labute approximate surface area is 146 Å². The van der Waals surface area contributed by atoms with Gasteiger partial charge in [0.1, 0.15) is 5.75 Å². The molecule has 1 saturated heterocycles. The summed E-state index contributed by atoms with van der Waals surface area (Å²) in [5, 5.41) is 3.26. The van der Waals surface area contributed by atoms with E-state index < -0.39 is 0 Å².